The molecule has 2 aromatic rings. The molecule has 0 spiro atoms. The van der Waals surface area contributed by atoms with E-state index in [1.165, 1.54) is 44.9 Å². The summed E-state index contributed by atoms with van der Waals surface area (Å²) in [7, 11) is 9.22. The molecule has 2 aromatic carbocycles. The van der Waals surface area contributed by atoms with Gasteiger partial charge in [-0.2, -0.15) is 0 Å². The van der Waals surface area contributed by atoms with Crippen molar-refractivity contribution in [3.05, 3.63) is 65.7 Å². The first-order valence-corrected chi connectivity index (χ1v) is 20.2. The van der Waals surface area contributed by atoms with Crippen molar-refractivity contribution in [3.8, 4) is 5.75 Å². The second-order valence-corrected chi connectivity index (χ2v) is 16.9. The second-order valence-electron chi connectivity index (χ2n) is 7.57. The van der Waals surface area contributed by atoms with Gasteiger partial charge in [0.15, 0.2) is 0 Å². The zero-order valence-corrected chi connectivity index (χ0v) is 25.5. The summed E-state index contributed by atoms with van der Waals surface area (Å²) in [6.07, 6.45) is 8.82. The molecule has 0 heterocycles. The molecule has 190 valence electrons. The first-order chi connectivity index (χ1) is 16.0. The van der Waals surface area contributed by atoms with Crippen LogP contribution in [0.5, 0.6) is 5.75 Å². The normalized spacial score (nSPS) is 13.4. The fraction of sp³-hybridized carbons (Fsp3) is 0.571. The molecule has 33 heavy (non-hydrogen) atoms. The Balaban J connectivity index is 0.00000242. The van der Waals surface area contributed by atoms with Crippen LogP contribution in [-0.4, -0.2) is 11.7 Å². The summed E-state index contributed by atoms with van der Waals surface area (Å²) < 4.78 is 5.01. The summed E-state index contributed by atoms with van der Waals surface area (Å²) in [6, 6.07) is 17.6. The van der Waals surface area contributed by atoms with Crippen LogP contribution in [0.2, 0.25) is 0 Å². The van der Waals surface area contributed by atoms with E-state index in [2.05, 4.69) is 33.4 Å². The monoisotopic (exact) mass is 606 g/mol. The van der Waals surface area contributed by atoms with Crippen LogP contribution < -0.4 is 4.74 Å². The summed E-state index contributed by atoms with van der Waals surface area (Å²) in [5, 5.41) is 11.4. The summed E-state index contributed by atoms with van der Waals surface area (Å²) in [6.45, 7) is 13.3. The third-order valence-electron chi connectivity index (χ3n) is 5.31. The topological polar surface area (TPSA) is 29.5 Å². The van der Waals surface area contributed by atoms with Crippen molar-refractivity contribution in [3.63, 3.8) is 0 Å². The Kier molecular flexibility index (Phi) is 19.7. The second kappa shape index (κ2) is 19.9. The van der Waals surface area contributed by atoms with Crippen molar-refractivity contribution in [2.45, 2.75) is 90.1 Å². The molecular formula is C28H47IO2S2. The number of halogens is 1. The van der Waals surface area contributed by atoms with Crippen molar-refractivity contribution in [1.82, 2.24) is 0 Å². The predicted octanol–water partition coefficient (Wildman–Crippen LogP) is 9.89. The number of hydrogen-bond donors (Lipinski definition) is 3. The van der Waals surface area contributed by atoms with Gasteiger partial charge in [0.1, 0.15) is 0 Å². The van der Waals surface area contributed by atoms with Crippen molar-refractivity contribution in [1.29, 1.82) is 0 Å². The Hall–Kier alpha value is -0.370. The van der Waals surface area contributed by atoms with Gasteiger partial charge in [-0.25, -0.2) is 0 Å². The zero-order chi connectivity index (χ0) is 25.1. The van der Waals surface area contributed by atoms with Crippen LogP contribution >= 0.6 is 36.6 Å². The SMILES string of the molecule is CC.CC.CCCCCC(CCCC)COc1ccc(C(O)(c2ccccc2)I(S)S)cc1. The number of unbranched alkanes of at least 4 members (excludes halogenated alkanes) is 3. The number of aliphatic hydroxyl groups is 1. The van der Waals surface area contributed by atoms with Gasteiger partial charge in [0.2, 0.25) is 0 Å². The van der Waals surface area contributed by atoms with E-state index in [0.29, 0.717) is 5.92 Å². The van der Waals surface area contributed by atoms with Gasteiger partial charge in [-0.1, -0.05) is 34.6 Å². The Bertz CT molecular complexity index is 695. The summed E-state index contributed by atoms with van der Waals surface area (Å²) >= 11 is -2.22. The van der Waals surface area contributed by atoms with E-state index in [0.717, 1.165) is 23.5 Å². The quantitative estimate of drug-likeness (QED) is 0.0917. The molecule has 2 atom stereocenters. The first kappa shape index (κ1) is 32.6. The van der Waals surface area contributed by atoms with Crippen LogP contribution in [0.1, 0.15) is 97.6 Å². The molecule has 0 fully saturated rings. The molecule has 0 saturated carbocycles. The van der Waals surface area contributed by atoms with Gasteiger partial charge in [-0.15, -0.1) is 0 Å². The molecule has 0 aliphatic heterocycles. The summed E-state index contributed by atoms with van der Waals surface area (Å²) in [5.41, 5.74) is 1.68. The number of hydrogen-bond acceptors (Lipinski definition) is 4. The molecular weight excluding hydrogens is 559 g/mol. The molecule has 0 amide bonds. The number of thiol groups is 2. The molecule has 0 aromatic heterocycles. The van der Waals surface area contributed by atoms with Crippen LogP contribution in [0.4, 0.5) is 0 Å². The average molecular weight is 607 g/mol. The van der Waals surface area contributed by atoms with E-state index in [4.69, 9.17) is 4.74 Å². The predicted molar refractivity (Wildman–Crippen MR) is 163 cm³/mol. The van der Waals surface area contributed by atoms with Crippen molar-refractivity contribution >= 4 is 36.6 Å². The summed E-state index contributed by atoms with van der Waals surface area (Å²) in [4.78, 5) is 0. The van der Waals surface area contributed by atoms with E-state index in [1.54, 1.807) is 0 Å². The Morgan fingerprint density at radius 1 is 0.788 bits per heavy atom. The molecule has 2 rings (SSSR count). The fourth-order valence-corrected chi connectivity index (χ4v) is 7.95. The average Bonchev–Trinajstić information content (AvgIpc) is 2.88. The van der Waals surface area contributed by atoms with Gasteiger partial charge in [0, 0.05) is 0 Å². The zero-order valence-electron chi connectivity index (χ0n) is 21.6. The number of alkyl halides is 1. The van der Waals surface area contributed by atoms with Gasteiger partial charge < -0.3 is 0 Å². The Labute approximate surface area is 219 Å². The van der Waals surface area contributed by atoms with Gasteiger partial charge >= 0.3 is 186 Å². The third-order valence-corrected chi connectivity index (χ3v) is 11.2. The van der Waals surface area contributed by atoms with Gasteiger partial charge in [0.05, 0.1) is 0 Å². The third kappa shape index (κ3) is 11.3. The van der Waals surface area contributed by atoms with Crippen LogP contribution in [0.25, 0.3) is 0 Å². The maximum absolute atomic E-state index is 11.4. The standard InChI is InChI=1S/C24H35IO2S2.2C2H6/c1-3-5-8-12-20(11-6-4-2)19-27-23-17-15-22(16-18-23)24(26,25(28)29)21-13-9-7-10-14-21;2*1-2/h7,9-10,13-18,20,26,28-29H,3-6,8,11-12,19H2,1-2H3;2*1-2H3. The Morgan fingerprint density at radius 2 is 1.30 bits per heavy atom. The van der Waals surface area contributed by atoms with E-state index in [1.807, 2.05) is 82.3 Å². The molecule has 0 saturated heterocycles. The molecule has 2 nitrogen and oxygen atoms in total. The summed E-state index contributed by atoms with van der Waals surface area (Å²) in [5.74, 6) is 1.48. The van der Waals surface area contributed by atoms with Gasteiger partial charge in [-0.3, -0.25) is 0 Å². The van der Waals surface area contributed by atoms with E-state index in [-0.39, 0.29) is 0 Å². The molecule has 0 aliphatic carbocycles. The van der Waals surface area contributed by atoms with E-state index < -0.39 is 20.7 Å². The molecule has 2 unspecified atom stereocenters. The Morgan fingerprint density at radius 3 is 1.82 bits per heavy atom. The fourth-order valence-electron chi connectivity index (χ4n) is 3.49. The van der Waals surface area contributed by atoms with Crippen molar-refractivity contribution < 1.29 is 9.84 Å². The van der Waals surface area contributed by atoms with Crippen LogP contribution in [-0.2, 0) is 3.61 Å². The minimum atomic E-state index is -2.22. The van der Waals surface area contributed by atoms with Crippen molar-refractivity contribution in [2.24, 2.45) is 5.92 Å². The molecule has 0 radical (unpaired) electrons. The van der Waals surface area contributed by atoms with Crippen LogP contribution in [0, 0.1) is 5.92 Å². The van der Waals surface area contributed by atoms with Crippen LogP contribution in [0.3, 0.4) is 0 Å². The van der Waals surface area contributed by atoms with E-state index >= 15 is 0 Å². The number of benzene rings is 2. The molecule has 0 bridgehead atoms. The van der Waals surface area contributed by atoms with Gasteiger partial charge in [-0.05, 0) is 0 Å². The van der Waals surface area contributed by atoms with Crippen LogP contribution in [0.15, 0.2) is 54.6 Å². The van der Waals surface area contributed by atoms with Gasteiger partial charge in [0.25, 0.3) is 0 Å². The molecule has 1 N–H and O–H groups in total. The van der Waals surface area contributed by atoms with Crippen molar-refractivity contribution in [2.75, 3.05) is 6.61 Å². The minimum absolute atomic E-state index is 0.620. The number of rotatable bonds is 13. The van der Waals surface area contributed by atoms with E-state index in [9.17, 15) is 5.11 Å². The molecule has 0 aliphatic rings. The number of ether oxygens (including phenoxy) is 1. The molecule has 5 heteroatoms. The maximum atomic E-state index is 11.4. The first-order valence-electron chi connectivity index (χ1n) is 12.6.